The third-order valence-corrected chi connectivity index (χ3v) is 8.55. The number of hydrogen-bond acceptors (Lipinski definition) is 12. The number of carbonyl (C=O) groups excluding carboxylic acids is 2. The van der Waals surface area contributed by atoms with Crippen LogP contribution in [-0.2, 0) is 28.5 Å². The number of nitrogens with zero attached hydrogens (tertiary/aromatic N) is 8. The molecule has 0 saturated carbocycles. The number of nitrogens with one attached hydrogen (secondary N) is 2. The van der Waals surface area contributed by atoms with Gasteiger partial charge in [0, 0.05) is 59.0 Å². The normalized spacial score (nSPS) is 22.8. The number of aromatic amines is 2. The Morgan fingerprint density at radius 2 is 1.12 bits per heavy atom. The Balaban J connectivity index is 1.08. The molecule has 0 spiro atoms. The zero-order valence-corrected chi connectivity index (χ0v) is 27.8. The number of carbonyl (C=O) groups is 2. The molecule has 6 atom stereocenters. The summed E-state index contributed by atoms with van der Waals surface area (Å²) in [7, 11) is 0. The molecule has 2 aliphatic heterocycles. The molecule has 2 aromatic rings. The largest absolute Gasteiger partial charge is 0.463 e. The van der Waals surface area contributed by atoms with E-state index in [9.17, 15) is 28.8 Å². The van der Waals surface area contributed by atoms with Gasteiger partial charge >= 0.3 is 23.3 Å². The second-order valence-corrected chi connectivity index (χ2v) is 12.2. The molecular formula is C30H40N10O10. The predicted molar refractivity (Wildman–Crippen MR) is 174 cm³/mol. The molecule has 2 aromatic heterocycles. The molecule has 4 rings (SSSR count). The Kier molecular flexibility index (Phi) is 13.6. The molecule has 20 nitrogen and oxygen atoms in total. The highest BCUT2D eigenvalue weighted by Crippen LogP contribution is 2.31. The van der Waals surface area contributed by atoms with Crippen molar-refractivity contribution in [1.29, 1.82) is 0 Å². The van der Waals surface area contributed by atoms with Crippen molar-refractivity contribution < 1.29 is 28.5 Å². The molecule has 0 aliphatic carbocycles. The van der Waals surface area contributed by atoms with Crippen molar-refractivity contribution >= 4 is 11.9 Å². The van der Waals surface area contributed by atoms with Crippen LogP contribution in [0.5, 0.6) is 0 Å². The lowest BCUT2D eigenvalue weighted by atomic mass is 10.1. The fraction of sp³-hybridized carbons (Fsp3) is 0.667. The summed E-state index contributed by atoms with van der Waals surface area (Å²) in [6, 6.07) is -1.34. The highest BCUT2D eigenvalue weighted by molar-refractivity contribution is 5.69. The molecule has 2 saturated heterocycles. The van der Waals surface area contributed by atoms with E-state index in [-0.39, 0.29) is 38.9 Å². The van der Waals surface area contributed by atoms with Gasteiger partial charge in [-0.15, -0.1) is 0 Å². The quantitative estimate of drug-likeness (QED) is 0.0800. The Morgan fingerprint density at radius 3 is 1.50 bits per heavy atom. The molecule has 20 heteroatoms. The van der Waals surface area contributed by atoms with Gasteiger partial charge in [-0.1, -0.05) is 35.9 Å². The van der Waals surface area contributed by atoms with E-state index in [1.807, 2.05) is 0 Å². The second-order valence-electron chi connectivity index (χ2n) is 12.2. The van der Waals surface area contributed by atoms with Gasteiger partial charge in [0.15, 0.2) is 0 Å². The van der Waals surface area contributed by atoms with Crippen molar-refractivity contribution in [2.24, 2.45) is 10.2 Å². The van der Waals surface area contributed by atoms with Gasteiger partial charge in [-0.3, -0.25) is 38.3 Å². The fourth-order valence-electron chi connectivity index (χ4n) is 5.79. The van der Waals surface area contributed by atoms with Gasteiger partial charge < -0.3 is 18.9 Å². The summed E-state index contributed by atoms with van der Waals surface area (Å²) in [6.45, 7) is 2.79. The number of unbranched alkanes of at least 4 members (excludes halogenated alkanes) is 5. The van der Waals surface area contributed by atoms with Gasteiger partial charge in [0.1, 0.15) is 37.9 Å². The van der Waals surface area contributed by atoms with Crippen molar-refractivity contribution in [3.63, 3.8) is 0 Å². The van der Waals surface area contributed by atoms with Crippen LogP contribution in [0.1, 0.15) is 87.8 Å². The molecule has 0 radical (unpaired) electrons. The number of azide groups is 2. The molecule has 2 aliphatic rings. The monoisotopic (exact) mass is 700 g/mol. The number of ether oxygens (including phenoxy) is 4. The van der Waals surface area contributed by atoms with Crippen molar-refractivity contribution in [1.82, 2.24) is 19.1 Å². The number of aromatic nitrogens is 4. The first kappa shape index (κ1) is 37.7. The molecule has 2 unspecified atom stereocenters. The third kappa shape index (κ3) is 10.2. The standard InChI is InChI=1S/C30H40N10O10/c1-17-13-39(29(45)33-27(17)43)23-11-19(35-37-31)21(49-23)15-47-25(41)9-7-5-3-4-6-8-10-26(42)48-16-22-20(36-38-32)12-24(50-22)40-14-18(2)28(44)34-30(40)46/h13-14,19-24H,3-12,15-16H2,1-2H3,(H,33,43,45)(H,34,44,46)/t19?,20?,21-,22-,23-,24-/m1/s1. The number of hydrogen-bond donors (Lipinski definition) is 2. The SMILES string of the molecule is Cc1cn([C@H]2CC(N=[N+]=[N-])[C@@H](COC(=O)CCCCCCCCC(=O)OC[C@H]3O[C@@H](n4cc(C)c(=O)[nH]c4=O)CC3N=[N+]=[N-])O2)c(=O)[nH]c1=O. The van der Waals surface area contributed by atoms with Gasteiger partial charge in [0.25, 0.3) is 11.1 Å². The summed E-state index contributed by atoms with van der Waals surface area (Å²) in [5, 5.41) is 7.43. The van der Waals surface area contributed by atoms with Crippen LogP contribution in [-0.4, -0.2) is 68.5 Å². The van der Waals surface area contributed by atoms with E-state index in [0.29, 0.717) is 24.0 Å². The molecule has 50 heavy (non-hydrogen) atoms. The van der Waals surface area contributed by atoms with E-state index in [1.165, 1.54) is 21.5 Å². The number of H-pyrrole nitrogens is 2. The second kappa shape index (κ2) is 18.0. The fourth-order valence-corrected chi connectivity index (χ4v) is 5.79. The smallest absolute Gasteiger partial charge is 0.330 e. The molecule has 4 heterocycles. The first-order valence-corrected chi connectivity index (χ1v) is 16.4. The summed E-state index contributed by atoms with van der Waals surface area (Å²) >= 11 is 0. The zero-order valence-electron chi connectivity index (χ0n) is 27.8. The number of rotatable bonds is 17. The topological polar surface area (TPSA) is 278 Å². The summed E-state index contributed by atoms with van der Waals surface area (Å²) in [5.41, 5.74) is 16.2. The van der Waals surface area contributed by atoms with E-state index in [2.05, 4.69) is 30.0 Å². The molecule has 0 amide bonds. The maximum Gasteiger partial charge on any atom is 0.330 e. The van der Waals surface area contributed by atoms with Gasteiger partial charge in [0.05, 0.1) is 12.1 Å². The van der Waals surface area contributed by atoms with Crippen molar-refractivity contribution in [2.45, 2.75) is 115 Å². The van der Waals surface area contributed by atoms with E-state index < -0.39 is 71.2 Å². The van der Waals surface area contributed by atoms with Crippen LogP contribution < -0.4 is 22.5 Å². The number of esters is 2. The summed E-state index contributed by atoms with van der Waals surface area (Å²) in [5.74, 6) is -0.865. The Bertz CT molecular complexity index is 1720. The maximum absolute atomic E-state index is 12.3. The van der Waals surface area contributed by atoms with Crippen LogP contribution in [0.3, 0.4) is 0 Å². The van der Waals surface area contributed by atoms with Crippen molar-refractivity contribution in [2.75, 3.05) is 13.2 Å². The van der Waals surface area contributed by atoms with Crippen LogP contribution >= 0.6 is 0 Å². The van der Waals surface area contributed by atoms with Crippen LogP contribution in [0.2, 0.25) is 0 Å². The lowest BCUT2D eigenvalue weighted by Gasteiger charge is -2.17. The minimum atomic E-state index is -0.794. The van der Waals surface area contributed by atoms with E-state index in [0.717, 1.165) is 25.7 Å². The molecular weight excluding hydrogens is 660 g/mol. The summed E-state index contributed by atoms with van der Waals surface area (Å²) in [6.07, 6.45) is 4.79. The lowest BCUT2D eigenvalue weighted by Crippen LogP contribution is -2.33. The first-order chi connectivity index (χ1) is 24.0. The first-order valence-electron chi connectivity index (χ1n) is 16.4. The third-order valence-electron chi connectivity index (χ3n) is 8.55. The Labute approximate surface area is 283 Å². The molecule has 270 valence electrons. The Morgan fingerprint density at radius 1 is 0.740 bits per heavy atom. The zero-order chi connectivity index (χ0) is 36.2. The predicted octanol–water partition coefficient (Wildman–Crippen LogP) is 2.84. The highest BCUT2D eigenvalue weighted by Gasteiger charge is 2.38. The lowest BCUT2D eigenvalue weighted by molar-refractivity contribution is -0.149. The van der Waals surface area contributed by atoms with Crippen molar-refractivity contribution in [3.05, 3.63) is 86.1 Å². The molecule has 0 bridgehead atoms. The molecule has 0 aromatic carbocycles. The average Bonchev–Trinajstić information content (AvgIpc) is 3.67. The van der Waals surface area contributed by atoms with Gasteiger partial charge in [-0.2, -0.15) is 0 Å². The van der Waals surface area contributed by atoms with Gasteiger partial charge in [-0.05, 0) is 37.8 Å². The summed E-state index contributed by atoms with van der Waals surface area (Å²) < 4.78 is 24.8. The number of aryl methyl sites for hydroxylation is 2. The molecule has 2 fully saturated rings. The van der Waals surface area contributed by atoms with Gasteiger partial charge in [-0.25, -0.2) is 9.59 Å². The molecule has 2 N–H and O–H groups in total. The van der Waals surface area contributed by atoms with Crippen LogP contribution in [0.4, 0.5) is 0 Å². The minimum Gasteiger partial charge on any atom is -0.463 e. The average molecular weight is 701 g/mol. The van der Waals surface area contributed by atoms with E-state index in [4.69, 9.17) is 30.0 Å². The highest BCUT2D eigenvalue weighted by atomic mass is 16.6. The van der Waals surface area contributed by atoms with E-state index in [1.54, 1.807) is 13.8 Å². The van der Waals surface area contributed by atoms with Crippen LogP contribution in [0, 0.1) is 13.8 Å². The minimum absolute atomic E-state index is 0.152. The van der Waals surface area contributed by atoms with Crippen molar-refractivity contribution in [3.8, 4) is 0 Å². The van der Waals surface area contributed by atoms with E-state index >= 15 is 0 Å². The van der Waals surface area contributed by atoms with Gasteiger partial charge in [0.2, 0.25) is 0 Å². The Hall–Kier alpha value is -5.16. The maximum atomic E-state index is 12.3. The summed E-state index contributed by atoms with van der Waals surface area (Å²) in [4.78, 5) is 82.5. The van der Waals surface area contributed by atoms with Crippen LogP contribution in [0.15, 0.2) is 41.8 Å². The van der Waals surface area contributed by atoms with Crippen LogP contribution in [0.25, 0.3) is 20.9 Å².